The monoisotopic (exact) mass is 210 g/mol. The molecule has 4 heteroatoms. The molecule has 0 radical (unpaired) electrons. The third kappa shape index (κ3) is 2.26. The van der Waals surface area contributed by atoms with Gasteiger partial charge in [0.2, 0.25) is 0 Å². The lowest BCUT2D eigenvalue weighted by Gasteiger charge is -2.20. The SMILES string of the molecule is COC1CCCC1Nc1ncccc1F. The fourth-order valence-corrected chi connectivity index (χ4v) is 2.04. The highest BCUT2D eigenvalue weighted by Gasteiger charge is 2.27. The zero-order valence-electron chi connectivity index (χ0n) is 8.74. The van der Waals surface area contributed by atoms with Crippen LogP contribution in [0.3, 0.4) is 0 Å². The van der Waals surface area contributed by atoms with Gasteiger partial charge < -0.3 is 10.1 Å². The molecule has 1 aromatic rings. The number of halogens is 1. The second-order valence-corrected chi connectivity index (χ2v) is 3.79. The number of rotatable bonds is 3. The first-order valence-corrected chi connectivity index (χ1v) is 5.21. The van der Waals surface area contributed by atoms with E-state index in [1.807, 2.05) is 0 Å². The Morgan fingerprint density at radius 1 is 1.53 bits per heavy atom. The number of hydrogen-bond acceptors (Lipinski definition) is 3. The third-order valence-electron chi connectivity index (χ3n) is 2.84. The molecule has 15 heavy (non-hydrogen) atoms. The second kappa shape index (κ2) is 4.57. The Balaban J connectivity index is 2.05. The molecular formula is C11H15FN2O. The number of aromatic nitrogens is 1. The Kier molecular flexibility index (Phi) is 3.16. The van der Waals surface area contributed by atoms with Gasteiger partial charge in [0.25, 0.3) is 0 Å². The summed E-state index contributed by atoms with van der Waals surface area (Å²) in [7, 11) is 1.69. The highest BCUT2D eigenvalue weighted by atomic mass is 19.1. The van der Waals surface area contributed by atoms with E-state index in [2.05, 4.69) is 10.3 Å². The van der Waals surface area contributed by atoms with Crippen LogP contribution < -0.4 is 5.32 Å². The predicted molar refractivity (Wildman–Crippen MR) is 56.3 cm³/mol. The molecule has 2 unspecified atom stereocenters. The standard InChI is InChI=1S/C11H15FN2O/c1-15-10-6-2-5-9(10)14-11-8(12)4-3-7-13-11/h3-4,7,9-10H,2,5-6H2,1H3,(H,13,14). The van der Waals surface area contributed by atoms with Crippen LogP contribution in [0.4, 0.5) is 10.2 Å². The third-order valence-corrected chi connectivity index (χ3v) is 2.84. The van der Waals surface area contributed by atoms with Gasteiger partial charge in [0, 0.05) is 13.3 Å². The molecule has 1 fully saturated rings. The molecule has 1 aliphatic carbocycles. The first-order chi connectivity index (χ1) is 7.31. The Morgan fingerprint density at radius 2 is 2.40 bits per heavy atom. The fraction of sp³-hybridized carbons (Fsp3) is 0.545. The molecule has 0 saturated heterocycles. The van der Waals surface area contributed by atoms with Crippen LogP contribution in [0, 0.1) is 5.82 Å². The van der Waals surface area contributed by atoms with Crippen LogP contribution in [0.5, 0.6) is 0 Å². The van der Waals surface area contributed by atoms with Gasteiger partial charge in [-0.3, -0.25) is 0 Å². The molecule has 3 nitrogen and oxygen atoms in total. The minimum Gasteiger partial charge on any atom is -0.379 e. The Labute approximate surface area is 88.7 Å². The second-order valence-electron chi connectivity index (χ2n) is 3.79. The summed E-state index contributed by atoms with van der Waals surface area (Å²) in [6.07, 6.45) is 4.91. The molecule has 0 bridgehead atoms. The van der Waals surface area contributed by atoms with Crippen LogP contribution in [0.15, 0.2) is 18.3 Å². The van der Waals surface area contributed by atoms with Crippen molar-refractivity contribution in [3.8, 4) is 0 Å². The maximum absolute atomic E-state index is 13.3. The van der Waals surface area contributed by atoms with Gasteiger partial charge in [-0.15, -0.1) is 0 Å². The highest BCUT2D eigenvalue weighted by molar-refractivity contribution is 5.37. The molecule has 0 aliphatic heterocycles. The number of hydrogen-bond donors (Lipinski definition) is 1. The summed E-state index contributed by atoms with van der Waals surface area (Å²) in [5.74, 6) is 0.0192. The van der Waals surface area contributed by atoms with Gasteiger partial charge >= 0.3 is 0 Å². The van der Waals surface area contributed by atoms with Gasteiger partial charge in [-0.25, -0.2) is 9.37 Å². The quantitative estimate of drug-likeness (QED) is 0.830. The lowest BCUT2D eigenvalue weighted by molar-refractivity contribution is 0.101. The summed E-state index contributed by atoms with van der Waals surface area (Å²) < 4.78 is 18.6. The molecule has 2 rings (SSSR count). The number of anilines is 1. The molecule has 0 spiro atoms. The van der Waals surface area contributed by atoms with Crippen molar-refractivity contribution in [3.05, 3.63) is 24.1 Å². The molecule has 1 aliphatic rings. The largest absolute Gasteiger partial charge is 0.379 e. The molecule has 0 aromatic carbocycles. The Bertz CT molecular complexity index is 332. The molecule has 1 aromatic heterocycles. The molecule has 1 saturated carbocycles. The van der Waals surface area contributed by atoms with Gasteiger partial charge in [-0.1, -0.05) is 0 Å². The van der Waals surface area contributed by atoms with Gasteiger partial charge in [0.15, 0.2) is 11.6 Å². The van der Waals surface area contributed by atoms with Crippen molar-refractivity contribution >= 4 is 5.82 Å². The number of ether oxygens (including phenoxy) is 1. The Morgan fingerprint density at radius 3 is 3.13 bits per heavy atom. The molecule has 1 heterocycles. The van der Waals surface area contributed by atoms with E-state index in [0.717, 1.165) is 19.3 Å². The maximum Gasteiger partial charge on any atom is 0.165 e. The van der Waals surface area contributed by atoms with E-state index in [9.17, 15) is 4.39 Å². The lowest BCUT2D eigenvalue weighted by atomic mass is 10.2. The van der Waals surface area contributed by atoms with Crippen molar-refractivity contribution in [2.45, 2.75) is 31.4 Å². The van der Waals surface area contributed by atoms with E-state index in [1.165, 1.54) is 6.07 Å². The van der Waals surface area contributed by atoms with Crippen LogP contribution in [-0.4, -0.2) is 24.2 Å². The molecule has 82 valence electrons. The Hall–Kier alpha value is -1.16. The summed E-state index contributed by atoms with van der Waals surface area (Å²) >= 11 is 0. The van der Waals surface area contributed by atoms with Crippen LogP contribution in [-0.2, 0) is 4.74 Å². The highest BCUT2D eigenvalue weighted by Crippen LogP contribution is 2.25. The van der Waals surface area contributed by atoms with Gasteiger partial charge in [-0.2, -0.15) is 0 Å². The van der Waals surface area contributed by atoms with Gasteiger partial charge in [0.05, 0.1) is 12.1 Å². The average molecular weight is 210 g/mol. The number of nitrogens with one attached hydrogen (secondary N) is 1. The summed E-state index contributed by atoms with van der Waals surface area (Å²) in [4.78, 5) is 3.97. The van der Waals surface area contributed by atoms with E-state index >= 15 is 0 Å². The van der Waals surface area contributed by atoms with Crippen molar-refractivity contribution in [1.29, 1.82) is 0 Å². The average Bonchev–Trinajstić information content (AvgIpc) is 2.69. The van der Waals surface area contributed by atoms with Crippen molar-refractivity contribution in [2.24, 2.45) is 0 Å². The first kappa shape index (κ1) is 10.4. The topological polar surface area (TPSA) is 34.1 Å². The molecular weight excluding hydrogens is 195 g/mol. The van der Waals surface area contributed by atoms with Gasteiger partial charge in [0.1, 0.15) is 0 Å². The minimum absolute atomic E-state index is 0.173. The minimum atomic E-state index is -0.306. The maximum atomic E-state index is 13.3. The number of pyridine rings is 1. The summed E-state index contributed by atoms with van der Waals surface area (Å²) in [5.41, 5.74) is 0. The summed E-state index contributed by atoms with van der Waals surface area (Å²) in [6.45, 7) is 0. The van der Waals surface area contributed by atoms with E-state index in [1.54, 1.807) is 19.4 Å². The van der Waals surface area contributed by atoms with Crippen molar-refractivity contribution < 1.29 is 9.13 Å². The lowest BCUT2D eigenvalue weighted by Crippen LogP contribution is -2.30. The van der Waals surface area contributed by atoms with E-state index < -0.39 is 0 Å². The van der Waals surface area contributed by atoms with Crippen LogP contribution in [0.1, 0.15) is 19.3 Å². The normalized spacial score (nSPS) is 25.5. The molecule has 0 amide bonds. The fourth-order valence-electron chi connectivity index (χ4n) is 2.04. The van der Waals surface area contributed by atoms with Crippen LogP contribution >= 0.6 is 0 Å². The zero-order valence-corrected chi connectivity index (χ0v) is 8.74. The van der Waals surface area contributed by atoms with Crippen LogP contribution in [0.25, 0.3) is 0 Å². The predicted octanol–water partition coefficient (Wildman–Crippen LogP) is 2.20. The summed E-state index contributed by atoms with van der Waals surface area (Å²) in [5, 5.41) is 3.10. The van der Waals surface area contributed by atoms with Crippen molar-refractivity contribution in [1.82, 2.24) is 4.98 Å². The van der Waals surface area contributed by atoms with E-state index in [-0.39, 0.29) is 18.0 Å². The number of methoxy groups -OCH3 is 1. The van der Waals surface area contributed by atoms with Crippen molar-refractivity contribution in [2.75, 3.05) is 12.4 Å². The van der Waals surface area contributed by atoms with Gasteiger partial charge in [-0.05, 0) is 31.4 Å². The van der Waals surface area contributed by atoms with E-state index in [4.69, 9.17) is 4.74 Å². The zero-order chi connectivity index (χ0) is 10.7. The molecule has 1 N–H and O–H groups in total. The summed E-state index contributed by atoms with van der Waals surface area (Å²) in [6, 6.07) is 3.18. The first-order valence-electron chi connectivity index (χ1n) is 5.21. The number of nitrogens with zero attached hydrogens (tertiary/aromatic N) is 1. The van der Waals surface area contributed by atoms with Crippen molar-refractivity contribution in [3.63, 3.8) is 0 Å². The van der Waals surface area contributed by atoms with Crippen LogP contribution in [0.2, 0.25) is 0 Å². The smallest absolute Gasteiger partial charge is 0.165 e. The van der Waals surface area contributed by atoms with E-state index in [0.29, 0.717) is 5.82 Å². The molecule has 2 atom stereocenters.